The number of rotatable bonds is 8. The number of thioether (sulfide) groups is 1. The van der Waals surface area contributed by atoms with Gasteiger partial charge in [-0.15, -0.1) is 0 Å². The number of amides is 2. The first kappa shape index (κ1) is 26.7. The summed E-state index contributed by atoms with van der Waals surface area (Å²) in [4.78, 5) is 41.9. The third kappa shape index (κ3) is 6.95. The number of alkyl halides is 3. The molecule has 2 rings (SSSR count). The van der Waals surface area contributed by atoms with E-state index < -0.39 is 41.8 Å². The number of carbonyl (C=O) groups excluding carboxylic acids is 3. The fourth-order valence-corrected chi connectivity index (χ4v) is 3.70. The van der Waals surface area contributed by atoms with E-state index in [-0.39, 0.29) is 28.5 Å². The summed E-state index contributed by atoms with van der Waals surface area (Å²) in [6, 6.07) is 7.77. The Kier molecular flexibility index (Phi) is 9.03. The normalized spacial score (nSPS) is 10.9. The van der Waals surface area contributed by atoms with Crippen LogP contribution in [0.3, 0.4) is 0 Å². The Morgan fingerprint density at radius 1 is 1.26 bits per heavy atom. The summed E-state index contributed by atoms with van der Waals surface area (Å²) in [7, 11) is 1.33. The minimum absolute atomic E-state index is 0.0793. The molecule has 12 heteroatoms. The Hall–Kier alpha value is -3.59. The maximum absolute atomic E-state index is 13.1. The van der Waals surface area contributed by atoms with Gasteiger partial charge in [-0.05, 0) is 32.0 Å². The summed E-state index contributed by atoms with van der Waals surface area (Å²) < 4.78 is 44.2. The van der Waals surface area contributed by atoms with Crippen LogP contribution < -0.4 is 5.32 Å². The van der Waals surface area contributed by atoms with E-state index in [1.165, 1.54) is 25.2 Å². The number of nitriles is 1. The second-order valence-electron chi connectivity index (χ2n) is 6.94. The minimum Gasteiger partial charge on any atom is -0.462 e. The number of halogens is 3. The predicted molar refractivity (Wildman–Crippen MR) is 118 cm³/mol. The molecule has 0 aliphatic heterocycles. The highest BCUT2D eigenvalue weighted by molar-refractivity contribution is 8.00. The number of aryl methyl sites for hydroxylation is 1. The number of nitrogens with one attached hydrogen (secondary N) is 1. The fourth-order valence-electron chi connectivity index (χ4n) is 2.76. The number of hydrogen-bond acceptors (Lipinski definition) is 7. The third-order valence-electron chi connectivity index (χ3n) is 4.44. The van der Waals surface area contributed by atoms with Crippen molar-refractivity contribution in [1.29, 1.82) is 5.26 Å². The molecule has 0 unspecified atom stereocenters. The zero-order chi connectivity index (χ0) is 25.5. The first-order valence-electron chi connectivity index (χ1n) is 9.89. The van der Waals surface area contributed by atoms with Crippen molar-refractivity contribution < 1.29 is 32.3 Å². The van der Waals surface area contributed by atoms with Gasteiger partial charge >= 0.3 is 12.1 Å². The second kappa shape index (κ2) is 11.5. The summed E-state index contributed by atoms with van der Waals surface area (Å²) in [6.45, 7) is 2.89. The molecule has 2 aromatic rings. The van der Waals surface area contributed by atoms with Gasteiger partial charge in [0.1, 0.15) is 11.1 Å². The molecule has 0 aliphatic rings. The van der Waals surface area contributed by atoms with Gasteiger partial charge in [0.2, 0.25) is 11.8 Å². The summed E-state index contributed by atoms with van der Waals surface area (Å²) in [5.74, 6) is -2.12. The average Bonchev–Trinajstić information content (AvgIpc) is 2.77. The molecule has 8 nitrogen and oxygen atoms in total. The highest BCUT2D eigenvalue weighted by Crippen LogP contribution is 2.34. The fraction of sp³-hybridized carbons (Fsp3) is 0.318. The Morgan fingerprint density at radius 2 is 1.94 bits per heavy atom. The molecule has 0 fully saturated rings. The molecule has 0 bridgehead atoms. The van der Waals surface area contributed by atoms with E-state index in [1.54, 1.807) is 13.8 Å². The van der Waals surface area contributed by atoms with Crippen LogP contribution in [0.1, 0.15) is 34.1 Å². The largest absolute Gasteiger partial charge is 0.462 e. The van der Waals surface area contributed by atoms with E-state index in [1.807, 2.05) is 6.07 Å². The minimum atomic E-state index is -4.64. The van der Waals surface area contributed by atoms with Crippen LogP contribution in [0.4, 0.5) is 18.9 Å². The van der Waals surface area contributed by atoms with Gasteiger partial charge in [0.25, 0.3) is 0 Å². The van der Waals surface area contributed by atoms with E-state index in [2.05, 4.69) is 10.3 Å². The Balaban J connectivity index is 2.02. The molecular weight excluding hydrogens is 473 g/mol. The van der Waals surface area contributed by atoms with Crippen molar-refractivity contribution in [2.24, 2.45) is 0 Å². The van der Waals surface area contributed by atoms with Gasteiger partial charge in [-0.3, -0.25) is 9.59 Å². The lowest BCUT2D eigenvalue weighted by Crippen LogP contribution is -2.36. The first-order chi connectivity index (χ1) is 16.0. The first-order valence-corrected chi connectivity index (χ1v) is 10.9. The van der Waals surface area contributed by atoms with E-state index in [4.69, 9.17) is 4.74 Å². The zero-order valence-corrected chi connectivity index (χ0v) is 19.3. The molecule has 34 heavy (non-hydrogen) atoms. The van der Waals surface area contributed by atoms with Gasteiger partial charge < -0.3 is 15.0 Å². The van der Waals surface area contributed by atoms with Gasteiger partial charge in [0.15, 0.2) is 0 Å². The van der Waals surface area contributed by atoms with E-state index in [0.717, 1.165) is 28.8 Å². The lowest BCUT2D eigenvalue weighted by atomic mass is 10.1. The highest BCUT2D eigenvalue weighted by atomic mass is 32.2. The average molecular weight is 494 g/mol. The molecule has 0 saturated carbocycles. The van der Waals surface area contributed by atoms with Crippen LogP contribution in [0, 0.1) is 18.3 Å². The number of nitrogens with zero attached hydrogens (tertiary/aromatic N) is 3. The smallest absolute Gasteiger partial charge is 0.418 e. The van der Waals surface area contributed by atoms with Crippen LogP contribution in [0.15, 0.2) is 35.4 Å². The molecule has 180 valence electrons. The molecule has 0 spiro atoms. The number of likely N-dealkylation sites (N-methyl/N-ethyl adjacent to an activating group) is 1. The van der Waals surface area contributed by atoms with Crippen LogP contribution in [-0.2, 0) is 20.5 Å². The van der Waals surface area contributed by atoms with Crippen molar-refractivity contribution in [3.05, 3.63) is 52.7 Å². The van der Waals surface area contributed by atoms with Crippen molar-refractivity contribution in [1.82, 2.24) is 9.88 Å². The molecule has 1 N–H and O–H groups in total. The molecule has 1 heterocycles. The Morgan fingerprint density at radius 3 is 2.56 bits per heavy atom. The maximum Gasteiger partial charge on any atom is 0.418 e. The number of hydrogen-bond donors (Lipinski definition) is 1. The van der Waals surface area contributed by atoms with Gasteiger partial charge in [-0.2, -0.15) is 18.4 Å². The van der Waals surface area contributed by atoms with Crippen LogP contribution in [0.25, 0.3) is 0 Å². The Labute approximate surface area is 198 Å². The number of anilines is 1. The predicted octanol–water partition coefficient (Wildman–Crippen LogP) is 3.65. The van der Waals surface area contributed by atoms with Crippen molar-refractivity contribution in [3.8, 4) is 6.07 Å². The molecule has 1 aromatic carbocycles. The van der Waals surface area contributed by atoms with Crippen LogP contribution in [0.2, 0.25) is 0 Å². The Bertz CT molecular complexity index is 1130. The number of carbonyl (C=O) groups is 3. The number of para-hydroxylation sites is 1. The van der Waals surface area contributed by atoms with Crippen molar-refractivity contribution in [2.45, 2.75) is 25.0 Å². The third-order valence-corrected chi connectivity index (χ3v) is 5.42. The van der Waals surface area contributed by atoms with E-state index in [0.29, 0.717) is 5.69 Å². The maximum atomic E-state index is 13.1. The zero-order valence-electron chi connectivity index (χ0n) is 18.5. The van der Waals surface area contributed by atoms with Gasteiger partial charge in [0, 0.05) is 7.05 Å². The molecular formula is C22H21F3N4O4S. The van der Waals surface area contributed by atoms with Crippen molar-refractivity contribution >= 4 is 35.2 Å². The van der Waals surface area contributed by atoms with Crippen molar-refractivity contribution in [3.63, 3.8) is 0 Å². The number of aromatic nitrogens is 1. The lowest BCUT2D eigenvalue weighted by molar-refractivity contribution is -0.137. The molecule has 0 radical (unpaired) electrons. The summed E-state index contributed by atoms with van der Waals surface area (Å²) in [5.41, 5.74) is -0.860. The van der Waals surface area contributed by atoms with Crippen LogP contribution >= 0.6 is 11.8 Å². The standard InChI is InChI=1S/C22H21F3N4O4S/c1-4-33-21(32)15-9-14(10-26)20(27-13(15)2)34-12-19(31)29(3)11-18(30)28-17-8-6-5-7-16(17)22(23,24)25/h5-9H,4,11-12H2,1-3H3,(H,28,30). The van der Waals surface area contributed by atoms with Crippen LogP contribution in [-0.4, -0.2) is 53.6 Å². The number of esters is 1. The monoisotopic (exact) mass is 494 g/mol. The van der Waals surface area contributed by atoms with Crippen LogP contribution in [0.5, 0.6) is 0 Å². The topological polar surface area (TPSA) is 112 Å². The van der Waals surface area contributed by atoms with E-state index >= 15 is 0 Å². The second-order valence-corrected chi connectivity index (χ2v) is 7.90. The summed E-state index contributed by atoms with van der Waals surface area (Å²) in [5, 5.41) is 11.8. The molecule has 2 amide bonds. The number of ether oxygens (including phenoxy) is 1. The molecule has 0 aliphatic carbocycles. The quantitative estimate of drug-likeness (QED) is 0.440. The van der Waals surface area contributed by atoms with Gasteiger partial charge in [0.05, 0.1) is 47.0 Å². The molecule has 0 atom stereocenters. The highest BCUT2D eigenvalue weighted by Gasteiger charge is 2.33. The SMILES string of the molecule is CCOC(=O)c1cc(C#N)c(SCC(=O)N(C)CC(=O)Nc2ccccc2C(F)(F)F)nc1C. The lowest BCUT2D eigenvalue weighted by Gasteiger charge is -2.18. The number of benzene rings is 1. The molecule has 1 aromatic heterocycles. The van der Waals surface area contributed by atoms with Gasteiger partial charge in [-0.1, -0.05) is 23.9 Å². The van der Waals surface area contributed by atoms with Crippen molar-refractivity contribution in [2.75, 3.05) is 31.3 Å². The van der Waals surface area contributed by atoms with E-state index in [9.17, 15) is 32.8 Å². The number of pyridine rings is 1. The molecule has 0 saturated heterocycles. The van der Waals surface area contributed by atoms with Gasteiger partial charge in [-0.25, -0.2) is 9.78 Å². The summed E-state index contributed by atoms with van der Waals surface area (Å²) in [6.07, 6.45) is -4.64. The summed E-state index contributed by atoms with van der Waals surface area (Å²) >= 11 is 0.935.